The molecule has 0 fully saturated rings. The maximum Gasteiger partial charge on any atom is 0.0802 e. The number of aromatic nitrogens is 1. The first-order valence-electron chi connectivity index (χ1n) is 5.11. The van der Waals surface area contributed by atoms with Crippen LogP contribution in [0.3, 0.4) is 0 Å². The number of aliphatic hydroxyl groups is 1. The number of aliphatic hydroxyl groups excluding tert-OH is 1. The second-order valence-electron chi connectivity index (χ2n) is 3.49. The van der Waals surface area contributed by atoms with Crippen molar-refractivity contribution in [3.63, 3.8) is 0 Å². The molecule has 1 aromatic rings. The van der Waals surface area contributed by atoms with Gasteiger partial charge in [0.2, 0.25) is 0 Å². The molecule has 0 aliphatic heterocycles. The number of halogens is 1. The van der Waals surface area contributed by atoms with Gasteiger partial charge in [0, 0.05) is 31.4 Å². The normalized spacial score (nSPS) is 13.1. The maximum atomic E-state index is 9.45. The molecule has 84 valence electrons. The Morgan fingerprint density at radius 3 is 2.67 bits per heavy atom. The van der Waals surface area contributed by atoms with Crippen molar-refractivity contribution in [2.45, 2.75) is 19.6 Å². The highest BCUT2D eigenvalue weighted by atomic mass is 35.5. The van der Waals surface area contributed by atoms with Crippen molar-refractivity contribution in [2.24, 2.45) is 0 Å². The third-order valence-corrected chi connectivity index (χ3v) is 2.61. The molecule has 1 unspecified atom stereocenters. The van der Waals surface area contributed by atoms with Gasteiger partial charge in [0.1, 0.15) is 0 Å². The Balaban J connectivity index is 2.47. The van der Waals surface area contributed by atoms with Crippen LogP contribution in [0.5, 0.6) is 0 Å². The van der Waals surface area contributed by atoms with Gasteiger partial charge in [-0.05, 0) is 24.2 Å². The molecule has 0 aliphatic rings. The zero-order valence-corrected chi connectivity index (χ0v) is 9.69. The minimum absolute atomic E-state index is 0.285. The number of nitrogens with zero attached hydrogens (tertiary/aromatic N) is 2. The van der Waals surface area contributed by atoms with E-state index >= 15 is 0 Å². The Morgan fingerprint density at radius 2 is 2.13 bits per heavy atom. The summed E-state index contributed by atoms with van der Waals surface area (Å²) in [6.45, 7) is 4.41. The molecule has 15 heavy (non-hydrogen) atoms. The molecular weight excluding hydrogens is 212 g/mol. The molecule has 3 nitrogen and oxygen atoms in total. The van der Waals surface area contributed by atoms with Gasteiger partial charge in [0.05, 0.1) is 6.10 Å². The van der Waals surface area contributed by atoms with Crippen molar-refractivity contribution in [1.29, 1.82) is 0 Å². The maximum absolute atomic E-state index is 9.45. The fourth-order valence-electron chi connectivity index (χ4n) is 1.40. The summed E-state index contributed by atoms with van der Waals surface area (Å²) < 4.78 is 0. The predicted octanol–water partition coefficient (Wildman–Crippen LogP) is 1.50. The quantitative estimate of drug-likeness (QED) is 0.750. The molecule has 0 saturated carbocycles. The van der Waals surface area contributed by atoms with E-state index in [4.69, 9.17) is 11.6 Å². The van der Waals surface area contributed by atoms with Crippen LogP contribution in [0.1, 0.15) is 12.5 Å². The fraction of sp³-hybridized carbons (Fsp3) is 0.545. The van der Waals surface area contributed by atoms with E-state index in [1.165, 1.54) is 5.56 Å². The number of hydrogen-bond acceptors (Lipinski definition) is 3. The van der Waals surface area contributed by atoms with Gasteiger partial charge in [0.15, 0.2) is 0 Å². The number of pyridine rings is 1. The summed E-state index contributed by atoms with van der Waals surface area (Å²) in [5, 5.41) is 9.45. The summed E-state index contributed by atoms with van der Waals surface area (Å²) in [5.74, 6) is 0.285. The van der Waals surface area contributed by atoms with Crippen LogP contribution in [0.15, 0.2) is 24.5 Å². The molecule has 4 heteroatoms. The van der Waals surface area contributed by atoms with Gasteiger partial charge in [0.25, 0.3) is 0 Å². The van der Waals surface area contributed by atoms with Gasteiger partial charge >= 0.3 is 0 Å². The average Bonchev–Trinajstić information content (AvgIpc) is 2.29. The van der Waals surface area contributed by atoms with Crippen LogP contribution in [0.2, 0.25) is 0 Å². The topological polar surface area (TPSA) is 36.4 Å². The lowest BCUT2D eigenvalue weighted by Crippen LogP contribution is -2.32. The summed E-state index contributed by atoms with van der Waals surface area (Å²) in [4.78, 5) is 6.12. The van der Waals surface area contributed by atoms with Crippen LogP contribution in [0.4, 0.5) is 0 Å². The van der Waals surface area contributed by atoms with Crippen LogP contribution in [0.25, 0.3) is 0 Å². The summed E-state index contributed by atoms with van der Waals surface area (Å²) in [6.07, 6.45) is 3.11. The smallest absolute Gasteiger partial charge is 0.0802 e. The van der Waals surface area contributed by atoms with E-state index in [9.17, 15) is 5.11 Å². The van der Waals surface area contributed by atoms with Crippen LogP contribution in [0, 0.1) is 0 Å². The van der Waals surface area contributed by atoms with Crippen molar-refractivity contribution in [3.05, 3.63) is 30.1 Å². The molecule has 1 atom stereocenters. The van der Waals surface area contributed by atoms with Crippen LogP contribution >= 0.6 is 11.6 Å². The Morgan fingerprint density at radius 1 is 1.47 bits per heavy atom. The van der Waals surface area contributed by atoms with Gasteiger partial charge in [-0.15, -0.1) is 11.6 Å². The molecule has 1 heterocycles. The first-order chi connectivity index (χ1) is 7.26. The molecule has 1 N–H and O–H groups in total. The first kappa shape index (κ1) is 12.4. The number of likely N-dealkylation sites (N-methyl/N-ethyl adjacent to an activating group) is 1. The van der Waals surface area contributed by atoms with Gasteiger partial charge < -0.3 is 5.11 Å². The van der Waals surface area contributed by atoms with Crippen LogP contribution in [-0.4, -0.2) is 40.1 Å². The molecule has 0 bridgehead atoms. The van der Waals surface area contributed by atoms with Crippen LogP contribution in [-0.2, 0) is 6.54 Å². The Kier molecular flexibility index (Phi) is 5.61. The van der Waals surface area contributed by atoms with Gasteiger partial charge in [-0.2, -0.15) is 0 Å². The third-order valence-electron chi connectivity index (χ3n) is 2.25. The molecule has 0 saturated heterocycles. The number of rotatable bonds is 6. The highest BCUT2D eigenvalue weighted by molar-refractivity contribution is 6.18. The van der Waals surface area contributed by atoms with E-state index in [-0.39, 0.29) is 5.88 Å². The highest BCUT2D eigenvalue weighted by Gasteiger charge is 2.09. The van der Waals surface area contributed by atoms with Crippen molar-refractivity contribution in [3.8, 4) is 0 Å². The van der Waals surface area contributed by atoms with E-state index in [1.807, 2.05) is 12.1 Å². The lowest BCUT2D eigenvalue weighted by Gasteiger charge is -2.22. The molecule has 0 aromatic carbocycles. The molecule has 0 radical (unpaired) electrons. The molecule has 0 spiro atoms. The summed E-state index contributed by atoms with van der Waals surface area (Å²) in [5.41, 5.74) is 1.20. The molecule has 1 rings (SSSR count). The number of hydrogen-bond donors (Lipinski definition) is 1. The summed E-state index contributed by atoms with van der Waals surface area (Å²) in [6, 6.07) is 3.96. The predicted molar refractivity (Wildman–Crippen MR) is 61.9 cm³/mol. The SMILES string of the molecule is CCN(Cc1ccncc1)CC(O)CCl. The molecular formula is C11H17ClN2O. The summed E-state index contributed by atoms with van der Waals surface area (Å²) >= 11 is 5.57. The first-order valence-corrected chi connectivity index (χ1v) is 5.65. The summed E-state index contributed by atoms with van der Waals surface area (Å²) in [7, 11) is 0. The minimum Gasteiger partial charge on any atom is -0.391 e. The van der Waals surface area contributed by atoms with Crippen molar-refractivity contribution in [1.82, 2.24) is 9.88 Å². The van der Waals surface area contributed by atoms with Gasteiger partial charge in [-0.25, -0.2) is 0 Å². The Bertz CT molecular complexity index is 269. The van der Waals surface area contributed by atoms with Crippen molar-refractivity contribution < 1.29 is 5.11 Å². The number of alkyl halides is 1. The van der Waals surface area contributed by atoms with E-state index < -0.39 is 6.10 Å². The second kappa shape index (κ2) is 6.77. The zero-order chi connectivity index (χ0) is 11.1. The lowest BCUT2D eigenvalue weighted by atomic mass is 10.2. The Hall–Kier alpha value is -0.640. The largest absolute Gasteiger partial charge is 0.391 e. The van der Waals surface area contributed by atoms with Gasteiger partial charge in [-0.1, -0.05) is 6.92 Å². The van der Waals surface area contributed by atoms with Crippen LogP contribution < -0.4 is 0 Å². The van der Waals surface area contributed by atoms with Crippen molar-refractivity contribution in [2.75, 3.05) is 19.0 Å². The zero-order valence-electron chi connectivity index (χ0n) is 8.93. The standard InChI is InChI=1S/C11H17ClN2O/c1-2-14(9-11(15)7-12)8-10-3-5-13-6-4-10/h3-6,11,15H,2,7-9H2,1H3. The monoisotopic (exact) mass is 228 g/mol. The molecule has 0 aliphatic carbocycles. The minimum atomic E-state index is -0.451. The van der Waals surface area contributed by atoms with E-state index in [2.05, 4.69) is 16.8 Å². The van der Waals surface area contributed by atoms with E-state index in [1.54, 1.807) is 12.4 Å². The average molecular weight is 229 g/mol. The van der Waals surface area contributed by atoms with Crippen molar-refractivity contribution >= 4 is 11.6 Å². The molecule has 0 amide bonds. The highest BCUT2D eigenvalue weighted by Crippen LogP contribution is 2.04. The van der Waals surface area contributed by atoms with Gasteiger partial charge in [-0.3, -0.25) is 9.88 Å². The molecule has 1 aromatic heterocycles. The Labute approximate surface area is 95.7 Å². The second-order valence-corrected chi connectivity index (χ2v) is 3.80. The van der Waals surface area contributed by atoms with E-state index in [0.717, 1.165) is 13.1 Å². The fourth-order valence-corrected chi connectivity index (χ4v) is 1.50. The lowest BCUT2D eigenvalue weighted by molar-refractivity contribution is 0.128. The third kappa shape index (κ3) is 4.60. The van der Waals surface area contributed by atoms with E-state index in [0.29, 0.717) is 6.54 Å².